The zero-order chi connectivity index (χ0) is 13.7. The Morgan fingerprint density at radius 2 is 1.79 bits per heavy atom. The Hall–Kier alpha value is -2.61. The monoisotopic (exact) mass is 253 g/mol. The number of para-hydroxylation sites is 1. The van der Waals surface area contributed by atoms with Crippen molar-refractivity contribution >= 4 is 17.3 Å². The lowest BCUT2D eigenvalue weighted by Gasteiger charge is -2.18. The molecule has 0 fully saturated rings. The first kappa shape index (κ1) is 12.8. The number of anilines is 3. The van der Waals surface area contributed by atoms with Crippen molar-refractivity contribution in [3.63, 3.8) is 0 Å². The largest absolute Gasteiger partial charge is 0.352 e. The third-order valence-corrected chi connectivity index (χ3v) is 2.43. The van der Waals surface area contributed by atoms with E-state index in [1.807, 2.05) is 30.3 Å². The zero-order valence-electron chi connectivity index (χ0n) is 10.9. The molecule has 0 saturated heterocycles. The van der Waals surface area contributed by atoms with Gasteiger partial charge in [0, 0.05) is 11.8 Å². The molecule has 5 nitrogen and oxygen atoms in total. The summed E-state index contributed by atoms with van der Waals surface area (Å²) in [6, 6.07) is 13.7. The lowest BCUT2D eigenvalue weighted by Crippen LogP contribution is -2.28. The van der Waals surface area contributed by atoms with Crippen molar-refractivity contribution < 1.29 is 0 Å². The van der Waals surface area contributed by atoms with E-state index < -0.39 is 5.54 Å². The lowest BCUT2D eigenvalue weighted by molar-refractivity contribution is 0.723. The number of hydrogen-bond acceptors (Lipinski definition) is 5. The predicted molar refractivity (Wildman–Crippen MR) is 75.1 cm³/mol. The Kier molecular flexibility index (Phi) is 3.62. The summed E-state index contributed by atoms with van der Waals surface area (Å²) in [5, 5.41) is 15.2. The minimum Gasteiger partial charge on any atom is -0.352 e. The van der Waals surface area contributed by atoms with Crippen LogP contribution in [0.4, 0.5) is 17.3 Å². The fourth-order valence-corrected chi connectivity index (χ4v) is 1.51. The van der Waals surface area contributed by atoms with Crippen LogP contribution in [0.1, 0.15) is 13.8 Å². The maximum atomic E-state index is 8.99. The summed E-state index contributed by atoms with van der Waals surface area (Å²) in [5.74, 6) is 1.29. The van der Waals surface area contributed by atoms with E-state index in [0.717, 1.165) is 5.69 Å². The average Bonchev–Trinajstić information content (AvgIpc) is 2.40. The number of rotatable bonds is 4. The van der Waals surface area contributed by atoms with Crippen LogP contribution in [0.3, 0.4) is 0 Å². The maximum Gasteiger partial charge on any atom is 0.135 e. The van der Waals surface area contributed by atoms with Crippen molar-refractivity contribution in [3.05, 3.63) is 42.7 Å². The van der Waals surface area contributed by atoms with Crippen LogP contribution in [0, 0.1) is 11.3 Å². The van der Waals surface area contributed by atoms with Crippen LogP contribution in [0.5, 0.6) is 0 Å². The first-order chi connectivity index (χ1) is 9.09. The second-order valence-electron chi connectivity index (χ2n) is 4.64. The van der Waals surface area contributed by atoms with E-state index in [4.69, 9.17) is 5.26 Å². The van der Waals surface area contributed by atoms with Gasteiger partial charge in [0.1, 0.15) is 23.5 Å². The lowest BCUT2D eigenvalue weighted by atomic mass is 10.1. The summed E-state index contributed by atoms with van der Waals surface area (Å²) >= 11 is 0. The summed E-state index contributed by atoms with van der Waals surface area (Å²) in [7, 11) is 0. The van der Waals surface area contributed by atoms with Crippen molar-refractivity contribution in [2.45, 2.75) is 19.4 Å². The molecule has 96 valence electrons. The Bertz CT molecular complexity index is 586. The molecule has 0 amide bonds. The second kappa shape index (κ2) is 5.36. The van der Waals surface area contributed by atoms with Gasteiger partial charge in [-0.15, -0.1) is 0 Å². The summed E-state index contributed by atoms with van der Waals surface area (Å²) in [6.45, 7) is 3.58. The van der Waals surface area contributed by atoms with Gasteiger partial charge in [-0.2, -0.15) is 5.26 Å². The van der Waals surface area contributed by atoms with Crippen LogP contribution >= 0.6 is 0 Å². The van der Waals surface area contributed by atoms with Gasteiger partial charge >= 0.3 is 0 Å². The highest BCUT2D eigenvalue weighted by atomic mass is 15.1. The van der Waals surface area contributed by atoms with Crippen LogP contribution in [0.2, 0.25) is 0 Å². The molecule has 1 heterocycles. The number of hydrogen-bond donors (Lipinski definition) is 2. The maximum absolute atomic E-state index is 8.99. The van der Waals surface area contributed by atoms with E-state index in [0.29, 0.717) is 11.6 Å². The number of nitriles is 1. The molecule has 0 aliphatic heterocycles. The molecular formula is C14H15N5. The first-order valence-electron chi connectivity index (χ1n) is 5.93. The summed E-state index contributed by atoms with van der Waals surface area (Å²) < 4.78 is 0. The fraction of sp³-hybridized carbons (Fsp3) is 0.214. The predicted octanol–water partition coefficient (Wildman–Crippen LogP) is 2.93. The molecule has 0 bridgehead atoms. The van der Waals surface area contributed by atoms with Crippen molar-refractivity contribution in [1.82, 2.24) is 9.97 Å². The van der Waals surface area contributed by atoms with Gasteiger partial charge in [-0.1, -0.05) is 18.2 Å². The van der Waals surface area contributed by atoms with E-state index in [1.165, 1.54) is 6.33 Å². The number of benzene rings is 1. The molecule has 1 aromatic heterocycles. The topological polar surface area (TPSA) is 73.6 Å². The second-order valence-corrected chi connectivity index (χ2v) is 4.64. The highest BCUT2D eigenvalue weighted by Crippen LogP contribution is 2.17. The summed E-state index contributed by atoms with van der Waals surface area (Å²) in [5.41, 5.74) is 0.282. The third-order valence-electron chi connectivity index (χ3n) is 2.43. The van der Waals surface area contributed by atoms with Crippen LogP contribution in [-0.2, 0) is 0 Å². The molecule has 0 unspecified atom stereocenters. The van der Waals surface area contributed by atoms with Gasteiger partial charge < -0.3 is 10.6 Å². The molecule has 2 aromatic rings. The number of nitrogens with zero attached hydrogens (tertiary/aromatic N) is 3. The molecule has 0 aliphatic carbocycles. The van der Waals surface area contributed by atoms with Crippen molar-refractivity contribution in [3.8, 4) is 6.07 Å². The van der Waals surface area contributed by atoms with E-state index in [-0.39, 0.29) is 0 Å². The molecule has 0 atom stereocenters. The number of aromatic nitrogens is 2. The zero-order valence-corrected chi connectivity index (χ0v) is 10.9. The quantitative estimate of drug-likeness (QED) is 0.876. The molecule has 19 heavy (non-hydrogen) atoms. The van der Waals surface area contributed by atoms with Gasteiger partial charge in [0.2, 0.25) is 0 Å². The average molecular weight is 253 g/mol. The third kappa shape index (κ3) is 3.68. The smallest absolute Gasteiger partial charge is 0.135 e. The van der Waals surface area contributed by atoms with Gasteiger partial charge in [0.05, 0.1) is 6.07 Å². The minimum atomic E-state index is -0.668. The fourth-order valence-electron chi connectivity index (χ4n) is 1.51. The molecule has 0 aliphatic rings. The van der Waals surface area contributed by atoms with E-state index >= 15 is 0 Å². The first-order valence-corrected chi connectivity index (χ1v) is 5.93. The summed E-state index contributed by atoms with van der Waals surface area (Å²) in [6.07, 6.45) is 1.46. The molecule has 2 rings (SSSR count). The summed E-state index contributed by atoms with van der Waals surface area (Å²) in [4.78, 5) is 8.25. The molecule has 1 aromatic carbocycles. The molecule has 5 heteroatoms. The highest BCUT2D eigenvalue weighted by Gasteiger charge is 2.16. The van der Waals surface area contributed by atoms with Crippen molar-refractivity contribution in [2.24, 2.45) is 0 Å². The molecule has 0 saturated carbocycles. The van der Waals surface area contributed by atoms with Crippen molar-refractivity contribution in [2.75, 3.05) is 10.6 Å². The van der Waals surface area contributed by atoms with E-state index in [9.17, 15) is 0 Å². The normalized spacial score (nSPS) is 10.6. The Labute approximate surface area is 112 Å². The minimum absolute atomic E-state index is 0.611. The van der Waals surface area contributed by atoms with Crippen molar-refractivity contribution in [1.29, 1.82) is 5.26 Å². The van der Waals surface area contributed by atoms with Crippen LogP contribution in [-0.4, -0.2) is 15.5 Å². The Balaban J connectivity index is 2.14. The van der Waals surface area contributed by atoms with Gasteiger partial charge in [0.25, 0.3) is 0 Å². The van der Waals surface area contributed by atoms with E-state index in [1.54, 1.807) is 19.9 Å². The van der Waals surface area contributed by atoms with Gasteiger partial charge in [-0.25, -0.2) is 9.97 Å². The molecule has 2 N–H and O–H groups in total. The van der Waals surface area contributed by atoms with Crippen LogP contribution in [0.25, 0.3) is 0 Å². The Morgan fingerprint density at radius 1 is 1.11 bits per heavy atom. The SMILES string of the molecule is CC(C)(C#N)Nc1cc(Nc2ccccc2)ncn1. The molecule has 0 radical (unpaired) electrons. The molecular weight excluding hydrogens is 238 g/mol. The highest BCUT2D eigenvalue weighted by molar-refractivity contribution is 5.59. The molecule has 0 spiro atoms. The van der Waals surface area contributed by atoms with Crippen LogP contribution in [0.15, 0.2) is 42.7 Å². The standard InChI is InChI=1S/C14H15N5/c1-14(2,9-15)19-13-8-12(16-10-17-13)18-11-6-4-3-5-7-11/h3-8,10H,1-2H3,(H2,16,17,18,19). The number of nitrogens with one attached hydrogen (secondary N) is 2. The van der Waals surface area contributed by atoms with Gasteiger partial charge in [-0.05, 0) is 26.0 Å². The van der Waals surface area contributed by atoms with Gasteiger partial charge in [-0.3, -0.25) is 0 Å². The van der Waals surface area contributed by atoms with Crippen LogP contribution < -0.4 is 10.6 Å². The Morgan fingerprint density at radius 3 is 2.47 bits per heavy atom. The van der Waals surface area contributed by atoms with Gasteiger partial charge in [0.15, 0.2) is 0 Å². The van der Waals surface area contributed by atoms with E-state index in [2.05, 4.69) is 26.7 Å².